The molecule has 0 unspecified atom stereocenters. The number of amides is 2. The van der Waals surface area contributed by atoms with E-state index in [0.29, 0.717) is 11.6 Å². The lowest BCUT2D eigenvalue weighted by atomic mass is 10.0. The monoisotopic (exact) mass is 286 g/mol. The first kappa shape index (κ1) is 15.4. The average Bonchev–Trinajstić information content (AvgIpc) is 2.75. The van der Waals surface area contributed by atoms with Gasteiger partial charge in [-0.25, -0.2) is 9.59 Å². The van der Waals surface area contributed by atoms with E-state index in [9.17, 15) is 9.59 Å². The summed E-state index contributed by atoms with van der Waals surface area (Å²) in [4.78, 5) is 22.7. The van der Waals surface area contributed by atoms with Crippen LogP contribution in [0.5, 0.6) is 0 Å². The van der Waals surface area contributed by atoms with E-state index in [1.54, 1.807) is 0 Å². The SMILES string of the molecule is CCc1nnc(NC(=O)N[C@H](CC(C)C)C(=O)O)s1. The van der Waals surface area contributed by atoms with Crippen molar-refractivity contribution in [3.63, 3.8) is 0 Å². The predicted molar refractivity (Wildman–Crippen MR) is 72.3 cm³/mol. The van der Waals surface area contributed by atoms with E-state index in [0.717, 1.165) is 11.4 Å². The number of aromatic nitrogens is 2. The Bertz CT molecular complexity index is 447. The number of carboxylic acid groups (broad SMARTS) is 1. The smallest absolute Gasteiger partial charge is 0.326 e. The van der Waals surface area contributed by atoms with Gasteiger partial charge in [-0.05, 0) is 18.8 Å². The van der Waals surface area contributed by atoms with Crippen LogP contribution in [0.1, 0.15) is 32.2 Å². The number of aliphatic carboxylic acids is 1. The van der Waals surface area contributed by atoms with Gasteiger partial charge < -0.3 is 10.4 Å². The van der Waals surface area contributed by atoms with Gasteiger partial charge >= 0.3 is 12.0 Å². The van der Waals surface area contributed by atoms with Crippen molar-refractivity contribution in [2.24, 2.45) is 5.92 Å². The van der Waals surface area contributed by atoms with Crippen LogP contribution in [0.15, 0.2) is 0 Å². The molecule has 0 aromatic carbocycles. The molecule has 1 aromatic heterocycles. The van der Waals surface area contributed by atoms with Gasteiger partial charge in [0.2, 0.25) is 5.13 Å². The molecular weight excluding hydrogens is 268 g/mol. The van der Waals surface area contributed by atoms with Crippen molar-refractivity contribution in [1.29, 1.82) is 0 Å². The highest BCUT2D eigenvalue weighted by Crippen LogP contribution is 2.15. The number of rotatable bonds is 6. The number of nitrogens with zero attached hydrogens (tertiary/aromatic N) is 2. The predicted octanol–water partition coefficient (Wildman–Crippen LogP) is 1.72. The number of carbonyl (C=O) groups is 2. The van der Waals surface area contributed by atoms with Gasteiger partial charge in [-0.2, -0.15) is 0 Å². The van der Waals surface area contributed by atoms with Crippen molar-refractivity contribution in [2.45, 2.75) is 39.7 Å². The Morgan fingerprint density at radius 1 is 1.37 bits per heavy atom. The quantitative estimate of drug-likeness (QED) is 0.738. The summed E-state index contributed by atoms with van der Waals surface area (Å²) in [6.07, 6.45) is 1.12. The fourth-order valence-corrected chi connectivity index (χ4v) is 2.11. The zero-order chi connectivity index (χ0) is 14.4. The van der Waals surface area contributed by atoms with E-state index < -0.39 is 18.0 Å². The summed E-state index contributed by atoms with van der Waals surface area (Å²) < 4.78 is 0. The molecule has 1 rings (SSSR count). The van der Waals surface area contributed by atoms with Crippen molar-refractivity contribution in [3.8, 4) is 0 Å². The van der Waals surface area contributed by atoms with Crippen molar-refractivity contribution in [2.75, 3.05) is 5.32 Å². The van der Waals surface area contributed by atoms with Crippen LogP contribution in [0.25, 0.3) is 0 Å². The van der Waals surface area contributed by atoms with Gasteiger partial charge in [-0.1, -0.05) is 32.1 Å². The second-order valence-electron chi connectivity index (χ2n) is 4.47. The molecule has 3 N–H and O–H groups in total. The van der Waals surface area contributed by atoms with Gasteiger partial charge in [-0.3, -0.25) is 5.32 Å². The largest absolute Gasteiger partial charge is 0.480 e. The maximum absolute atomic E-state index is 11.7. The molecule has 0 bridgehead atoms. The van der Waals surface area contributed by atoms with Gasteiger partial charge in [0.25, 0.3) is 0 Å². The maximum Gasteiger partial charge on any atom is 0.326 e. The molecule has 106 valence electrons. The van der Waals surface area contributed by atoms with Crippen molar-refractivity contribution < 1.29 is 14.7 Å². The lowest BCUT2D eigenvalue weighted by molar-refractivity contribution is -0.139. The topological polar surface area (TPSA) is 104 Å². The minimum atomic E-state index is -1.05. The van der Waals surface area contributed by atoms with Crippen LogP contribution in [-0.2, 0) is 11.2 Å². The fraction of sp³-hybridized carbons (Fsp3) is 0.636. The third-order valence-electron chi connectivity index (χ3n) is 2.30. The van der Waals surface area contributed by atoms with Gasteiger partial charge in [-0.15, -0.1) is 10.2 Å². The molecule has 0 fully saturated rings. The third kappa shape index (κ3) is 5.21. The van der Waals surface area contributed by atoms with Gasteiger partial charge in [0.1, 0.15) is 11.0 Å². The Morgan fingerprint density at radius 3 is 2.53 bits per heavy atom. The third-order valence-corrected chi connectivity index (χ3v) is 3.28. The highest BCUT2D eigenvalue weighted by atomic mass is 32.1. The summed E-state index contributed by atoms with van der Waals surface area (Å²) in [7, 11) is 0. The number of anilines is 1. The zero-order valence-electron chi connectivity index (χ0n) is 11.1. The average molecular weight is 286 g/mol. The molecule has 0 radical (unpaired) electrons. The first-order valence-corrected chi connectivity index (χ1v) is 6.86. The van der Waals surface area contributed by atoms with Crippen molar-refractivity contribution in [3.05, 3.63) is 5.01 Å². The molecule has 0 aliphatic carbocycles. The fourth-order valence-electron chi connectivity index (χ4n) is 1.43. The molecule has 0 saturated carbocycles. The number of hydrogen-bond donors (Lipinski definition) is 3. The molecule has 0 saturated heterocycles. The molecule has 2 amide bonds. The molecular formula is C11H18N4O3S. The molecule has 0 spiro atoms. The van der Waals surface area contributed by atoms with E-state index in [1.807, 2.05) is 20.8 Å². The number of urea groups is 1. The lowest BCUT2D eigenvalue weighted by Gasteiger charge is -2.16. The van der Waals surface area contributed by atoms with Crippen LogP contribution in [-0.4, -0.2) is 33.3 Å². The van der Waals surface area contributed by atoms with Gasteiger partial charge in [0.05, 0.1) is 0 Å². The van der Waals surface area contributed by atoms with E-state index in [2.05, 4.69) is 20.8 Å². The van der Waals surface area contributed by atoms with Crippen LogP contribution in [0, 0.1) is 5.92 Å². The van der Waals surface area contributed by atoms with E-state index in [4.69, 9.17) is 5.11 Å². The van der Waals surface area contributed by atoms with E-state index >= 15 is 0 Å². The molecule has 1 aromatic rings. The second-order valence-corrected chi connectivity index (χ2v) is 5.54. The molecule has 0 aliphatic heterocycles. The maximum atomic E-state index is 11.7. The summed E-state index contributed by atoms with van der Waals surface area (Å²) >= 11 is 1.27. The lowest BCUT2D eigenvalue weighted by Crippen LogP contribution is -2.43. The Kier molecular flexibility index (Phi) is 5.68. The summed E-state index contributed by atoms with van der Waals surface area (Å²) in [5, 5.41) is 22.7. The number of aryl methyl sites for hydroxylation is 1. The summed E-state index contributed by atoms with van der Waals surface area (Å²) in [5.41, 5.74) is 0. The van der Waals surface area contributed by atoms with Crippen LogP contribution in [0.2, 0.25) is 0 Å². The van der Waals surface area contributed by atoms with Gasteiger partial charge in [0.15, 0.2) is 0 Å². The van der Waals surface area contributed by atoms with E-state index in [-0.39, 0.29) is 5.92 Å². The Balaban J connectivity index is 2.54. The number of nitrogens with one attached hydrogen (secondary N) is 2. The van der Waals surface area contributed by atoms with Crippen molar-refractivity contribution >= 4 is 28.5 Å². The summed E-state index contributed by atoms with van der Waals surface area (Å²) in [6.45, 7) is 5.73. The molecule has 1 atom stereocenters. The zero-order valence-corrected chi connectivity index (χ0v) is 12.0. The highest BCUT2D eigenvalue weighted by molar-refractivity contribution is 7.15. The van der Waals surface area contributed by atoms with Crippen molar-refractivity contribution in [1.82, 2.24) is 15.5 Å². The minimum absolute atomic E-state index is 0.176. The van der Waals surface area contributed by atoms with Gasteiger partial charge in [0, 0.05) is 0 Å². The van der Waals surface area contributed by atoms with Crippen LogP contribution >= 0.6 is 11.3 Å². The Labute approximate surface area is 115 Å². The molecule has 7 nitrogen and oxygen atoms in total. The number of carboxylic acids is 1. The molecule has 8 heteroatoms. The molecule has 0 aliphatic rings. The number of carbonyl (C=O) groups excluding carboxylic acids is 1. The first-order chi connectivity index (χ1) is 8.92. The van der Waals surface area contributed by atoms with E-state index in [1.165, 1.54) is 11.3 Å². The Hall–Kier alpha value is -1.70. The Morgan fingerprint density at radius 2 is 2.05 bits per heavy atom. The summed E-state index contributed by atoms with van der Waals surface area (Å²) in [5.74, 6) is -0.870. The minimum Gasteiger partial charge on any atom is -0.480 e. The van der Waals surface area contributed by atoms with Crippen LogP contribution in [0.4, 0.5) is 9.93 Å². The number of hydrogen-bond acceptors (Lipinski definition) is 5. The molecule has 19 heavy (non-hydrogen) atoms. The first-order valence-electron chi connectivity index (χ1n) is 6.05. The van der Waals surface area contributed by atoms with Crippen LogP contribution in [0.3, 0.4) is 0 Å². The van der Waals surface area contributed by atoms with Crippen LogP contribution < -0.4 is 10.6 Å². The molecule has 1 heterocycles. The summed E-state index contributed by atoms with van der Waals surface area (Å²) in [6, 6.07) is -1.48. The second kappa shape index (κ2) is 7.03. The highest BCUT2D eigenvalue weighted by Gasteiger charge is 2.21. The standard InChI is InChI=1S/C11H18N4O3S/c1-4-8-14-15-11(19-8)13-10(18)12-7(9(16)17)5-6(2)3/h6-7H,4-5H2,1-3H3,(H,16,17)(H2,12,13,15,18)/t7-/m1/s1. The normalized spacial score (nSPS) is 12.2.